The second-order valence-corrected chi connectivity index (χ2v) is 6.60. The van der Waals surface area contributed by atoms with Crippen LogP contribution in [0.25, 0.3) is 0 Å². The first-order valence-corrected chi connectivity index (χ1v) is 8.49. The van der Waals surface area contributed by atoms with Crippen molar-refractivity contribution in [2.45, 2.75) is 57.2 Å². The maximum Gasteiger partial charge on any atom is 0.315 e. The molecule has 2 fully saturated rings. The van der Waals surface area contributed by atoms with E-state index in [1.54, 1.807) is 6.20 Å². The molecule has 3 amide bonds. The van der Waals surface area contributed by atoms with Crippen molar-refractivity contribution in [3.8, 4) is 0 Å². The van der Waals surface area contributed by atoms with Gasteiger partial charge in [-0.25, -0.2) is 4.79 Å². The van der Waals surface area contributed by atoms with E-state index in [0.29, 0.717) is 6.54 Å². The van der Waals surface area contributed by atoms with E-state index in [0.717, 1.165) is 32.1 Å². The largest absolute Gasteiger partial charge is 0.354 e. The molecule has 3 N–H and O–H groups in total. The summed E-state index contributed by atoms with van der Waals surface area (Å²) in [6.45, 7) is 2.68. The molecule has 1 aromatic rings. The third kappa shape index (κ3) is 3.65. The quantitative estimate of drug-likeness (QED) is 0.782. The summed E-state index contributed by atoms with van der Waals surface area (Å²) in [7, 11) is 0. The lowest BCUT2D eigenvalue weighted by atomic mass is 9.90. The van der Waals surface area contributed by atoms with E-state index in [4.69, 9.17) is 0 Å². The third-order valence-corrected chi connectivity index (χ3v) is 4.95. The van der Waals surface area contributed by atoms with Crippen molar-refractivity contribution in [3.05, 3.63) is 18.5 Å². The molecule has 4 atom stereocenters. The Hall–Kier alpha value is -2.05. The van der Waals surface area contributed by atoms with Crippen molar-refractivity contribution >= 4 is 11.9 Å². The minimum Gasteiger partial charge on any atom is -0.354 e. The molecule has 1 saturated carbocycles. The van der Waals surface area contributed by atoms with Crippen LogP contribution < -0.4 is 16.0 Å². The van der Waals surface area contributed by atoms with Crippen LogP contribution in [0.2, 0.25) is 0 Å². The van der Waals surface area contributed by atoms with Gasteiger partial charge in [0.1, 0.15) is 6.04 Å². The molecule has 1 aliphatic carbocycles. The lowest BCUT2D eigenvalue weighted by molar-refractivity contribution is -0.125. The molecule has 0 unspecified atom stereocenters. The molecule has 0 aromatic carbocycles. The van der Waals surface area contributed by atoms with Crippen molar-refractivity contribution < 1.29 is 9.59 Å². The molecule has 0 radical (unpaired) electrons. The number of carbonyl (C=O) groups excluding carboxylic acids is 2. The number of hydrogen-bond donors (Lipinski definition) is 3. The lowest BCUT2D eigenvalue weighted by Gasteiger charge is -2.34. The van der Waals surface area contributed by atoms with Gasteiger partial charge in [-0.2, -0.15) is 5.10 Å². The van der Waals surface area contributed by atoms with E-state index in [1.165, 1.54) is 0 Å². The number of nitrogens with zero attached hydrogens (tertiary/aromatic N) is 2. The maximum atomic E-state index is 12.4. The first-order valence-electron chi connectivity index (χ1n) is 8.49. The Kier molecular flexibility index (Phi) is 4.83. The van der Waals surface area contributed by atoms with Crippen LogP contribution in [0.5, 0.6) is 0 Å². The Morgan fingerprint density at radius 2 is 2.13 bits per heavy atom. The van der Waals surface area contributed by atoms with Gasteiger partial charge < -0.3 is 16.0 Å². The van der Waals surface area contributed by atoms with E-state index in [-0.39, 0.29) is 29.9 Å². The van der Waals surface area contributed by atoms with Gasteiger partial charge in [0.2, 0.25) is 5.91 Å². The van der Waals surface area contributed by atoms with Crippen molar-refractivity contribution in [2.75, 3.05) is 6.54 Å². The van der Waals surface area contributed by atoms with Crippen LogP contribution in [0.3, 0.4) is 0 Å². The molecule has 7 nitrogen and oxygen atoms in total. The topological polar surface area (TPSA) is 88.0 Å². The summed E-state index contributed by atoms with van der Waals surface area (Å²) >= 11 is 0. The highest BCUT2D eigenvalue weighted by atomic mass is 16.2. The Morgan fingerprint density at radius 1 is 1.30 bits per heavy atom. The van der Waals surface area contributed by atoms with Gasteiger partial charge in [0.15, 0.2) is 0 Å². The number of amides is 3. The van der Waals surface area contributed by atoms with Crippen LogP contribution in [0, 0.1) is 5.92 Å². The predicted octanol–water partition coefficient (Wildman–Crippen LogP) is 1.19. The summed E-state index contributed by atoms with van der Waals surface area (Å²) in [4.78, 5) is 24.3. The van der Waals surface area contributed by atoms with Gasteiger partial charge in [0, 0.05) is 18.9 Å². The average molecular weight is 319 g/mol. The molecular formula is C16H25N5O2. The van der Waals surface area contributed by atoms with Crippen LogP contribution in [0.4, 0.5) is 4.79 Å². The SMILES string of the molecule is C[C@@H]1CCNC(=O)[C@@H]1NC(=O)N[C@H]1CCCC[C@H]1n1cccn1. The van der Waals surface area contributed by atoms with Crippen LogP contribution in [-0.2, 0) is 4.79 Å². The second-order valence-electron chi connectivity index (χ2n) is 6.60. The number of hydrogen-bond acceptors (Lipinski definition) is 3. The monoisotopic (exact) mass is 319 g/mol. The van der Waals surface area contributed by atoms with E-state index in [9.17, 15) is 9.59 Å². The first kappa shape index (κ1) is 15.8. The molecule has 23 heavy (non-hydrogen) atoms. The van der Waals surface area contributed by atoms with E-state index >= 15 is 0 Å². The molecule has 1 aliphatic heterocycles. The zero-order valence-electron chi connectivity index (χ0n) is 13.5. The zero-order chi connectivity index (χ0) is 16.2. The maximum absolute atomic E-state index is 12.4. The van der Waals surface area contributed by atoms with Gasteiger partial charge in [-0.15, -0.1) is 0 Å². The molecular weight excluding hydrogens is 294 g/mol. The van der Waals surface area contributed by atoms with Gasteiger partial charge in [0.25, 0.3) is 0 Å². The first-order chi connectivity index (χ1) is 11.1. The van der Waals surface area contributed by atoms with Crippen LogP contribution >= 0.6 is 0 Å². The molecule has 0 bridgehead atoms. The van der Waals surface area contributed by atoms with Gasteiger partial charge in [-0.1, -0.05) is 19.8 Å². The fourth-order valence-corrected chi connectivity index (χ4v) is 3.59. The fraction of sp³-hybridized carbons (Fsp3) is 0.688. The third-order valence-electron chi connectivity index (χ3n) is 4.95. The predicted molar refractivity (Wildman–Crippen MR) is 85.8 cm³/mol. The number of carbonyl (C=O) groups is 2. The van der Waals surface area contributed by atoms with Crippen molar-refractivity contribution in [1.82, 2.24) is 25.7 Å². The van der Waals surface area contributed by atoms with Crippen molar-refractivity contribution in [3.63, 3.8) is 0 Å². The number of piperidine rings is 1. The fourth-order valence-electron chi connectivity index (χ4n) is 3.59. The molecule has 2 aliphatic rings. The molecule has 7 heteroatoms. The summed E-state index contributed by atoms with van der Waals surface area (Å²) in [6, 6.07) is 1.42. The molecule has 3 rings (SSSR count). The van der Waals surface area contributed by atoms with Crippen LogP contribution in [0.1, 0.15) is 45.1 Å². The highest BCUT2D eigenvalue weighted by molar-refractivity contribution is 5.87. The Balaban J connectivity index is 1.60. The highest BCUT2D eigenvalue weighted by Gasteiger charge is 2.32. The van der Waals surface area contributed by atoms with Crippen molar-refractivity contribution in [1.29, 1.82) is 0 Å². The number of nitrogens with one attached hydrogen (secondary N) is 3. The van der Waals surface area contributed by atoms with Gasteiger partial charge >= 0.3 is 6.03 Å². The summed E-state index contributed by atoms with van der Waals surface area (Å²) in [5.41, 5.74) is 0. The summed E-state index contributed by atoms with van der Waals surface area (Å²) in [5, 5.41) is 13.0. The molecule has 2 heterocycles. The molecule has 1 saturated heterocycles. The van der Waals surface area contributed by atoms with E-state index in [1.807, 2.05) is 23.9 Å². The number of rotatable bonds is 3. The van der Waals surface area contributed by atoms with Crippen LogP contribution in [0.15, 0.2) is 18.5 Å². The van der Waals surface area contributed by atoms with Crippen LogP contribution in [-0.4, -0.2) is 40.3 Å². The lowest BCUT2D eigenvalue weighted by Crippen LogP contribution is -2.58. The summed E-state index contributed by atoms with van der Waals surface area (Å²) in [6.07, 6.45) is 8.78. The highest BCUT2D eigenvalue weighted by Crippen LogP contribution is 2.28. The Labute approximate surface area is 136 Å². The van der Waals surface area contributed by atoms with E-state index in [2.05, 4.69) is 21.0 Å². The zero-order valence-corrected chi connectivity index (χ0v) is 13.5. The average Bonchev–Trinajstić information content (AvgIpc) is 3.06. The molecule has 126 valence electrons. The standard InChI is InChI=1S/C16H25N5O2/c1-11-7-9-17-15(22)14(11)20-16(23)19-12-5-2-3-6-13(12)21-10-4-8-18-21/h4,8,10-14H,2-3,5-7,9H2,1H3,(H,17,22)(H2,19,20,23)/t11-,12+,13-,14-/m1/s1. The minimum absolute atomic E-state index is 0.0469. The summed E-state index contributed by atoms with van der Waals surface area (Å²) in [5.74, 6) is 0.0638. The smallest absolute Gasteiger partial charge is 0.315 e. The second kappa shape index (κ2) is 7.02. The molecule has 1 aromatic heterocycles. The van der Waals surface area contributed by atoms with E-state index < -0.39 is 6.04 Å². The molecule has 0 spiro atoms. The van der Waals surface area contributed by atoms with Crippen molar-refractivity contribution in [2.24, 2.45) is 5.92 Å². The van der Waals surface area contributed by atoms with Gasteiger partial charge in [-0.3, -0.25) is 9.48 Å². The minimum atomic E-state index is -0.449. The van der Waals surface area contributed by atoms with Gasteiger partial charge in [0.05, 0.1) is 12.1 Å². The normalized spacial score (nSPS) is 31.3. The Morgan fingerprint density at radius 3 is 2.87 bits per heavy atom. The van der Waals surface area contributed by atoms with Gasteiger partial charge in [-0.05, 0) is 31.2 Å². The number of urea groups is 1. The number of aromatic nitrogens is 2. The Bertz CT molecular complexity index is 545. The summed E-state index contributed by atoms with van der Waals surface area (Å²) < 4.78 is 1.93.